The van der Waals surface area contributed by atoms with Crippen LogP contribution in [-0.4, -0.2) is 30.6 Å². The van der Waals surface area contributed by atoms with Crippen molar-refractivity contribution < 1.29 is 19.1 Å². The Morgan fingerprint density at radius 2 is 1.94 bits per heavy atom. The highest BCUT2D eigenvalue weighted by Gasteiger charge is 2.26. The molecule has 2 heterocycles. The second-order valence-corrected chi connectivity index (χ2v) is 8.57. The van der Waals surface area contributed by atoms with Gasteiger partial charge in [-0.05, 0) is 26.3 Å². The minimum atomic E-state index is -0.554. The lowest BCUT2D eigenvalue weighted by atomic mass is 10.1. The molecule has 0 fully saturated rings. The number of benzene rings is 1. The van der Waals surface area contributed by atoms with E-state index in [9.17, 15) is 14.9 Å². The number of nitrogens with zero attached hydrogens (tertiary/aromatic N) is 2. The predicted molar refractivity (Wildman–Crippen MR) is 126 cm³/mol. The number of carbonyl (C=O) groups excluding carboxylic acids is 2. The lowest BCUT2D eigenvalue weighted by molar-refractivity contribution is 0.0527. The molecule has 0 unspecified atom stereocenters. The summed E-state index contributed by atoms with van der Waals surface area (Å²) in [4.78, 5) is 29.4. The fourth-order valence-electron chi connectivity index (χ4n) is 2.89. The van der Waals surface area contributed by atoms with Crippen molar-refractivity contribution >= 4 is 45.2 Å². The number of esters is 2. The molecule has 2 aromatic heterocycles. The number of ether oxygens (including phenoxy) is 2. The molecule has 0 saturated carbocycles. The summed E-state index contributed by atoms with van der Waals surface area (Å²) in [7, 11) is 1.28. The van der Waals surface area contributed by atoms with Crippen LogP contribution in [0.1, 0.15) is 43.1 Å². The fourth-order valence-corrected chi connectivity index (χ4v) is 4.76. The number of nitriles is 1. The molecule has 1 N–H and O–H groups in total. The summed E-state index contributed by atoms with van der Waals surface area (Å²) in [5.41, 5.74) is 3.90. The molecule has 3 aromatic rings. The SMILES string of the molecule is CCOC(=O)c1c(N/C=C(/C#N)c2nc(-c3ccc(C)cc3)cs2)sc(C(=O)OC)c1C. The Hall–Kier alpha value is -3.48. The van der Waals surface area contributed by atoms with Gasteiger partial charge in [0.1, 0.15) is 26.5 Å². The molecule has 32 heavy (non-hydrogen) atoms. The van der Waals surface area contributed by atoms with Crippen molar-refractivity contribution in [3.63, 3.8) is 0 Å². The number of aromatic nitrogens is 1. The lowest BCUT2D eigenvalue weighted by Gasteiger charge is -2.05. The number of methoxy groups -OCH3 is 1. The number of hydrogen-bond donors (Lipinski definition) is 1. The highest BCUT2D eigenvalue weighted by atomic mass is 32.1. The van der Waals surface area contributed by atoms with E-state index in [1.54, 1.807) is 13.8 Å². The average Bonchev–Trinajstić information content (AvgIpc) is 3.39. The number of hydrogen-bond acceptors (Lipinski definition) is 9. The van der Waals surface area contributed by atoms with E-state index in [-0.39, 0.29) is 12.2 Å². The van der Waals surface area contributed by atoms with E-state index in [0.717, 1.165) is 28.2 Å². The van der Waals surface area contributed by atoms with Crippen molar-refractivity contribution in [3.05, 3.63) is 62.4 Å². The molecule has 164 valence electrons. The van der Waals surface area contributed by atoms with Crippen molar-refractivity contribution in [2.75, 3.05) is 19.0 Å². The zero-order valence-electron chi connectivity index (χ0n) is 18.0. The average molecular weight is 468 g/mol. The maximum Gasteiger partial charge on any atom is 0.348 e. The van der Waals surface area contributed by atoms with Crippen LogP contribution in [0.5, 0.6) is 0 Å². The summed E-state index contributed by atoms with van der Waals surface area (Å²) < 4.78 is 9.94. The minimum absolute atomic E-state index is 0.196. The maximum atomic E-state index is 12.5. The summed E-state index contributed by atoms with van der Waals surface area (Å²) in [6.45, 7) is 5.57. The van der Waals surface area contributed by atoms with Gasteiger partial charge in [-0.1, -0.05) is 29.8 Å². The monoisotopic (exact) mass is 467 g/mol. The van der Waals surface area contributed by atoms with E-state index in [0.29, 0.717) is 26.0 Å². The number of rotatable bonds is 7. The van der Waals surface area contributed by atoms with E-state index < -0.39 is 11.9 Å². The van der Waals surface area contributed by atoms with Crippen LogP contribution in [0, 0.1) is 25.2 Å². The first-order valence-electron chi connectivity index (χ1n) is 9.68. The third-order valence-corrected chi connectivity index (χ3v) is 6.63. The Bertz CT molecular complexity index is 1220. The van der Waals surface area contributed by atoms with Gasteiger partial charge in [0.2, 0.25) is 0 Å². The number of thiazole rings is 1. The smallest absolute Gasteiger partial charge is 0.348 e. The van der Waals surface area contributed by atoms with Crippen molar-refractivity contribution in [1.82, 2.24) is 4.98 Å². The molecule has 0 aliphatic heterocycles. The van der Waals surface area contributed by atoms with Crippen molar-refractivity contribution in [1.29, 1.82) is 5.26 Å². The van der Waals surface area contributed by atoms with E-state index in [1.165, 1.54) is 24.6 Å². The zero-order chi connectivity index (χ0) is 23.3. The van der Waals surface area contributed by atoms with Crippen LogP contribution in [-0.2, 0) is 9.47 Å². The number of allylic oxidation sites excluding steroid dienone is 1. The zero-order valence-corrected chi connectivity index (χ0v) is 19.6. The van der Waals surface area contributed by atoms with Gasteiger partial charge in [-0.15, -0.1) is 22.7 Å². The molecule has 0 aliphatic rings. The summed E-state index contributed by atoms with van der Waals surface area (Å²) in [5, 5.41) is 15.5. The van der Waals surface area contributed by atoms with Gasteiger partial charge in [0.25, 0.3) is 0 Å². The van der Waals surface area contributed by atoms with Gasteiger partial charge in [-0.25, -0.2) is 14.6 Å². The summed E-state index contributed by atoms with van der Waals surface area (Å²) >= 11 is 2.41. The second-order valence-electron chi connectivity index (χ2n) is 6.69. The van der Waals surface area contributed by atoms with Crippen LogP contribution in [0.4, 0.5) is 5.00 Å². The first-order valence-corrected chi connectivity index (χ1v) is 11.4. The number of aryl methyl sites for hydroxylation is 1. The molecule has 7 nitrogen and oxygen atoms in total. The van der Waals surface area contributed by atoms with Crippen LogP contribution in [0.25, 0.3) is 16.8 Å². The molecule has 0 atom stereocenters. The van der Waals surface area contributed by atoms with Gasteiger partial charge in [-0.3, -0.25) is 0 Å². The Balaban J connectivity index is 1.93. The van der Waals surface area contributed by atoms with Crippen LogP contribution in [0.15, 0.2) is 35.8 Å². The maximum absolute atomic E-state index is 12.5. The quantitative estimate of drug-likeness (QED) is 0.365. The Morgan fingerprint density at radius 3 is 2.56 bits per heavy atom. The van der Waals surface area contributed by atoms with Crippen LogP contribution in [0.3, 0.4) is 0 Å². The molecule has 0 radical (unpaired) electrons. The van der Waals surface area contributed by atoms with Gasteiger partial charge in [0, 0.05) is 17.1 Å². The number of carbonyl (C=O) groups is 2. The molecule has 1 aromatic carbocycles. The highest BCUT2D eigenvalue weighted by molar-refractivity contribution is 7.18. The largest absolute Gasteiger partial charge is 0.465 e. The third-order valence-electron chi connectivity index (χ3n) is 4.55. The van der Waals surface area contributed by atoms with E-state index in [4.69, 9.17) is 9.47 Å². The molecular weight excluding hydrogens is 446 g/mol. The molecule has 0 bridgehead atoms. The molecule has 0 amide bonds. The van der Waals surface area contributed by atoms with Gasteiger partial charge in [0.15, 0.2) is 0 Å². The predicted octanol–water partition coefficient (Wildman–Crippen LogP) is 5.43. The van der Waals surface area contributed by atoms with Gasteiger partial charge >= 0.3 is 11.9 Å². The Labute approximate surface area is 193 Å². The summed E-state index contributed by atoms with van der Waals surface area (Å²) in [5.74, 6) is -1.10. The summed E-state index contributed by atoms with van der Waals surface area (Å²) in [6.07, 6.45) is 1.48. The standard InChI is InChI=1S/C23H21N3O4S2/c1-5-30-22(27)18-14(3)19(23(28)29-4)32-21(18)25-11-16(10-24)20-26-17(12-31-20)15-8-6-13(2)7-9-15/h6-9,11-12,25H,5H2,1-4H3/b16-11-. The Kier molecular flexibility index (Phi) is 7.41. The first kappa shape index (κ1) is 23.2. The van der Waals surface area contributed by atoms with Crippen LogP contribution >= 0.6 is 22.7 Å². The molecule has 0 spiro atoms. The second kappa shape index (κ2) is 10.2. The van der Waals surface area contributed by atoms with Crippen molar-refractivity contribution in [2.45, 2.75) is 20.8 Å². The van der Waals surface area contributed by atoms with E-state index in [2.05, 4.69) is 16.4 Å². The minimum Gasteiger partial charge on any atom is -0.465 e. The van der Waals surface area contributed by atoms with Crippen LogP contribution < -0.4 is 5.32 Å². The molecule has 0 saturated heterocycles. The first-order chi connectivity index (χ1) is 15.4. The third kappa shape index (κ3) is 4.88. The van der Waals surface area contributed by atoms with E-state index >= 15 is 0 Å². The fraction of sp³-hybridized carbons (Fsp3) is 0.217. The molecule has 0 aliphatic carbocycles. The number of anilines is 1. The summed E-state index contributed by atoms with van der Waals surface area (Å²) in [6, 6.07) is 10.1. The molecular formula is C23H21N3O4S2. The normalized spacial score (nSPS) is 11.0. The van der Waals surface area contributed by atoms with Gasteiger partial charge in [0.05, 0.1) is 25.0 Å². The molecule has 3 rings (SSSR count). The highest BCUT2D eigenvalue weighted by Crippen LogP contribution is 2.35. The van der Waals surface area contributed by atoms with Crippen molar-refractivity contribution in [2.24, 2.45) is 0 Å². The Morgan fingerprint density at radius 1 is 1.22 bits per heavy atom. The lowest BCUT2D eigenvalue weighted by Crippen LogP contribution is -2.08. The van der Waals surface area contributed by atoms with Gasteiger partial charge in [-0.2, -0.15) is 5.26 Å². The topological polar surface area (TPSA) is 101 Å². The van der Waals surface area contributed by atoms with Crippen molar-refractivity contribution in [3.8, 4) is 17.3 Å². The van der Waals surface area contributed by atoms with Gasteiger partial charge < -0.3 is 14.8 Å². The number of thiophene rings is 1. The number of nitrogens with one attached hydrogen (secondary N) is 1. The van der Waals surface area contributed by atoms with Crippen LogP contribution in [0.2, 0.25) is 0 Å². The van der Waals surface area contributed by atoms with E-state index in [1.807, 2.05) is 36.6 Å². The molecule has 9 heteroatoms.